The van der Waals surface area contributed by atoms with Crippen molar-refractivity contribution in [2.45, 2.75) is 19.9 Å². The molecule has 2 rings (SSSR count). The van der Waals surface area contributed by atoms with Crippen molar-refractivity contribution in [1.82, 2.24) is 4.90 Å². The second kappa shape index (κ2) is 6.08. The molecular formula is C16H20N2O2. The summed E-state index contributed by atoms with van der Waals surface area (Å²) in [5.41, 5.74) is 7.10. The van der Waals surface area contributed by atoms with Crippen molar-refractivity contribution in [1.29, 1.82) is 0 Å². The standard InChI is InChI=1S/C16H20N2O2/c1-16(15(17)20)7-8-18(12-16)11-14-5-2-4-13(10-14)6-3-9-19/h2,4-5,10,19H,7-9,11-12H2,1H3,(H2,17,20). The number of carbonyl (C=O) groups excluding carboxylic acids is 1. The minimum atomic E-state index is -0.408. The van der Waals surface area contributed by atoms with Gasteiger partial charge in [0.25, 0.3) is 0 Å². The Morgan fingerprint density at radius 1 is 1.55 bits per heavy atom. The SMILES string of the molecule is CC1(C(N)=O)CCN(Cc2cccc(C#CCO)c2)C1. The van der Waals surface area contributed by atoms with Gasteiger partial charge in [-0.25, -0.2) is 0 Å². The Morgan fingerprint density at radius 3 is 3.00 bits per heavy atom. The summed E-state index contributed by atoms with van der Waals surface area (Å²) >= 11 is 0. The highest BCUT2D eigenvalue weighted by Crippen LogP contribution is 2.30. The van der Waals surface area contributed by atoms with Gasteiger partial charge >= 0.3 is 0 Å². The number of amides is 1. The van der Waals surface area contributed by atoms with Gasteiger partial charge in [-0.15, -0.1) is 0 Å². The Kier molecular flexibility index (Phi) is 4.43. The maximum Gasteiger partial charge on any atom is 0.224 e. The molecular weight excluding hydrogens is 252 g/mol. The van der Waals surface area contributed by atoms with Crippen LogP contribution in [0.3, 0.4) is 0 Å². The molecule has 0 aliphatic carbocycles. The number of hydrogen-bond acceptors (Lipinski definition) is 3. The average Bonchev–Trinajstić information content (AvgIpc) is 2.80. The lowest BCUT2D eigenvalue weighted by Gasteiger charge is -2.21. The van der Waals surface area contributed by atoms with Gasteiger partial charge < -0.3 is 10.8 Å². The Bertz CT molecular complexity index is 559. The first-order valence-corrected chi connectivity index (χ1v) is 6.74. The van der Waals surface area contributed by atoms with E-state index in [-0.39, 0.29) is 12.5 Å². The van der Waals surface area contributed by atoms with Crippen LogP contribution in [0.2, 0.25) is 0 Å². The summed E-state index contributed by atoms with van der Waals surface area (Å²) in [4.78, 5) is 13.7. The number of carbonyl (C=O) groups is 1. The van der Waals surface area contributed by atoms with Gasteiger partial charge in [0.2, 0.25) is 5.91 Å². The maximum atomic E-state index is 11.4. The summed E-state index contributed by atoms with van der Waals surface area (Å²) < 4.78 is 0. The van der Waals surface area contributed by atoms with Crippen molar-refractivity contribution in [3.8, 4) is 11.8 Å². The van der Waals surface area contributed by atoms with Gasteiger partial charge in [0.15, 0.2) is 0 Å². The number of likely N-dealkylation sites (tertiary alicyclic amines) is 1. The molecule has 1 aromatic rings. The summed E-state index contributed by atoms with van der Waals surface area (Å²) in [5, 5.41) is 8.71. The molecule has 0 spiro atoms. The lowest BCUT2D eigenvalue weighted by Crippen LogP contribution is -2.36. The number of benzene rings is 1. The smallest absolute Gasteiger partial charge is 0.224 e. The Labute approximate surface area is 119 Å². The summed E-state index contributed by atoms with van der Waals surface area (Å²) in [6.07, 6.45) is 0.812. The van der Waals surface area contributed by atoms with Crippen LogP contribution in [0.15, 0.2) is 24.3 Å². The van der Waals surface area contributed by atoms with E-state index in [0.717, 1.165) is 30.6 Å². The number of primary amides is 1. The molecule has 0 bridgehead atoms. The number of hydrogen-bond donors (Lipinski definition) is 2. The van der Waals surface area contributed by atoms with E-state index in [1.165, 1.54) is 0 Å². The fourth-order valence-electron chi connectivity index (χ4n) is 2.54. The van der Waals surface area contributed by atoms with Crippen LogP contribution >= 0.6 is 0 Å². The van der Waals surface area contributed by atoms with E-state index in [1.54, 1.807) is 0 Å². The fourth-order valence-corrected chi connectivity index (χ4v) is 2.54. The molecule has 1 aromatic carbocycles. The zero-order chi connectivity index (χ0) is 14.6. The van der Waals surface area contributed by atoms with E-state index in [9.17, 15) is 4.79 Å². The van der Waals surface area contributed by atoms with Gasteiger partial charge in [-0.1, -0.05) is 24.0 Å². The summed E-state index contributed by atoms with van der Waals surface area (Å²) in [7, 11) is 0. The first-order chi connectivity index (χ1) is 9.53. The predicted molar refractivity (Wildman–Crippen MR) is 77.6 cm³/mol. The van der Waals surface area contributed by atoms with Gasteiger partial charge in [-0.3, -0.25) is 9.69 Å². The average molecular weight is 272 g/mol. The zero-order valence-electron chi connectivity index (χ0n) is 11.7. The zero-order valence-corrected chi connectivity index (χ0v) is 11.7. The lowest BCUT2D eigenvalue weighted by atomic mass is 9.89. The van der Waals surface area contributed by atoms with Gasteiger partial charge in [0.1, 0.15) is 6.61 Å². The quantitative estimate of drug-likeness (QED) is 0.797. The minimum absolute atomic E-state index is 0.132. The predicted octanol–water partition coefficient (Wildman–Crippen LogP) is 0.728. The van der Waals surface area contributed by atoms with Crippen LogP contribution in [-0.4, -0.2) is 35.6 Å². The largest absolute Gasteiger partial charge is 0.384 e. The number of aliphatic hydroxyl groups is 1. The second-order valence-electron chi connectivity index (χ2n) is 5.55. The number of nitrogens with two attached hydrogens (primary N) is 1. The Morgan fingerprint density at radius 2 is 2.35 bits per heavy atom. The van der Waals surface area contributed by atoms with Crippen molar-refractivity contribution < 1.29 is 9.90 Å². The first kappa shape index (κ1) is 14.6. The lowest BCUT2D eigenvalue weighted by molar-refractivity contribution is -0.126. The Balaban J connectivity index is 2.03. The van der Waals surface area contributed by atoms with Crippen LogP contribution in [-0.2, 0) is 11.3 Å². The van der Waals surface area contributed by atoms with Crippen molar-refractivity contribution >= 4 is 5.91 Å². The molecule has 1 aliphatic heterocycles. The fraction of sp³-hybridized carbons (Fsp3) is 0.438. The third-order valence-corrected chi connectivity index (χ3v) is 3.79. The van der Waals surface area contributed by atoms with Gasteiger partial charge in [-0.2, -0.15) is 0 Å². The van der Waals surface area contributed by atoms with E-state index >= 15 is 0 Å². The molecule has 0 aromatic heterocycles. The number of nitrogens with zero attached hydrogens (tertiary/aromatic N) is 1. The molecule has 106 valence electrons. The molecule has 1 atom stereocenters. The molecule has 1 unspecified atom stereocenters. The van der Waals surface area contributed by atoms with Crippen LogP contribution in [0, 0.1) is 17.3 Å². The van der Waals surface area contributed by atoms with Crippen LogP contribution in [0.25, 0.3) is 0 Å². The molecule has 4 nitrogen and oxygen atoms in total. The van der Waals surface area contributed by atoms with Crippen LogP contribution in [0.4, 0.5) is 0 Å². The van der Waals surface area contributed by atoms with Crippen molar-refractivity contribution in [2.24, 2.45) is 11.1 Å². The van der Waals surface area contributed by atoms with Gasteiger partial charge in [-0.05, 0) is 37.6 Å². The normalized spacial score (nSPS) is 22.3. The highest BCUT2D eigenvalue weighted by Gasteiger charge is 2.38. The van der Waals surface area contributed by atoms with Crippen molar-refractivity contribution in [3.05, 3.63) is 35.4 Å². The molecule has 4 heteroatoms. The molecule has 0 saturated carbocycles. The first-order valence-electron chi connectivity index (χ1n) is 6.74. The highest BCUT2D eigenvalue weighted by atomic mass is 16.2. The molecule has 3 N–H and O–H groups in total. The van der Waals surface area contributed by atoms with E-state index in [4.69, 9.17) is 10.8 Å². The van der Waals surface area contributed by atoms with Gasteiger partial charge in [0, 0.05) is 18.7 Å². The van der Waals surface area contributed by atoms with Crippen molar-refractivity contribution in [3.63, 3.8) is 0 Å². The van der Waals surface area contributed by atoms with E-state index in [0.29, 0.717) is 6.54 Å². The third kappa shape index (κ3) is 3.38. The van der Waals surface area contributed by atoms with Crippen LogP contribution in [0.5, 0.6) is 0 Å². The van der Waals surface area contributed by atoms with E-state index in [1.807, 2.05) is 31.2 Å². The molecule has 0 radical (unpaired) electrons. The molecule has 1 heterocycles. The molecule has 1 saturated heterocycles. The Hall–Kier alpha value is -1.83. The van der Waals surface area contributed by atoms with Crippen molar-refractivity contribution in [2.75, 3.05) is 19.7 Å². The molecule has 20 heavy (non-hydrogen) atoms. The monoisotopic (exact) mass is 272 g/mol. The maximum absolute atomic E-state index is 11.4. The van der Waals surface area contributed by atoms with Crippen LogP contribution in [0.1, 0.15) is 24.5 Å². The summed E-state index contributed by atoms with van der Waals surface area (Å²) in [5.74, 6) is 5.33. The summed E-state index contributed by atoms with van der Waals surface area (Å²) in [6, 6.07) is 7.94. The van der Waals surface area contributed by atoms with Gasteiger partial charge in [0.05, 0.1) is 5.41 Å². The second-order valence-corrected chi connectivity index (χ2v) is 5.55. The minimum Gasteiger partial charge on any atom is -0.384 e. The molecule has 1 fully saturated rings. The summed E-state index contributed by atoms with van der Waals surface area (Å²) in [6.45, 7) is 4.17. The topological polar surface area (TPSA) is 66.6 Å². The number of rotatable bonds is 3. The van der Waals surface area contributed by atoms with E-state index < -0.39 is 5.41 Å². The molecule has 1 aliphatic rings. The van der Waals surface area contributed by atoms with Crippen LogP contribution < -0.4 is 5.73 Å². The third-order valence-electron chi connectivity index (χ3n) is 3.79. The molecule has 1 amide bonds. The number of aliphatic hydroxyl groups excluding tert-OH is 1. The highest BCUT2D eigenvalue weighted by molar-refractivity contribution is 5.81. The van der Waals surface area contributed by atoms with E-state index in [2.05, 4.69) is 16.7 Å².